The molecule has 0 bridgehead atoms. The Morgan fingerprint density at radius 3 is 2.48 bits per heavy atom. The van der Waals surface area contributed by atoms with Gasteiger partial charge in [0, 0.05) is 24.7 Å². The average Bonchev–Trinajstić information content (AvgIpc) is 2.88. The zero-order valence-corrected chi connectivity index (χ0v) is 18.8. The minimum atomic E-state index is -0.882. The SMILES string of the molecule is O=C(c1ccc(NSc2cccc3cccnc23)cn1)N1CCC(O)(c2ccccc2)CC1. The molecule has 1 aliphatic heterocycles. The highest BCUT2D eigenvalue weighted by Gasteiger charge is 2.35. The first-order valence-corrected chi connectivity index (χ1v) is 11.7. The van der Waals surface area contributed by atoms with Crippen LogP contribution in [0.2, 0.25) is 0 Å². The number of fused-ring (bicyclic) bond motifs is 1. The zero-order chi connectivity index (χ0) is 22.7. The number of amides is 1. The van der Waals surface area contributed by atoms with Gasteiger partial charge in [-0.1, -0.05) is 48.5 Å². The van der Waals surface area contributed by atoms with E-state index in [9.17, 15) is 9.90 Å². The van der Waals surface area contributed by atoms with Gasteiger partial charge in [-0.25, -0.2) is 4.98 Å². The molecule has 1 saturated heterocycles. The van der Waals surface area contributed by atoms with Crippen LogP contribution in [-0.2, 0) is 5.60 Å². The molecule has 0 aliphatic carbocycles. The van der Waals surface area contributed by atoms with E-state index < -0.39 is 5.60 Å². The van der Waals surface area contributed by atoms with Crippen LogP contribution in [0, 0.1) is 0 Å². The number of carbonyl (C=O) groups excluding carboxylic acids is 1. The van der Waals surface area contributed by atoms with E-state index >= 15 is 0 Å². The second-order valence-corrected chi connectivity index (χ2v) is 9.01. The highest BCUT2D eigenvalue weighted by atomic mass is 32.2. The number of pyridine rings is 2. The molecule has 0 atom stereocenters. The molecule has 0 unspecified atom stereocenters. The Bertz CT molecular complexity index is 1250. The van der Waals surface area contributed by atoms with Gasteiger partial charge in [-0.2, -0.15) is 0 Å². The van der Waals surface area contributed by atoms with Crippen molar-refractivity contribution in [2.45, 2.75) is 23.3 Å². The van der Waals surface area contributed by atoms with E-state index in [1.807, 2.05) is 66.7 Å². The maximum absolute atomic E-state index is 12.9. The molecule has 3 heterocycles. The zero-order valence-electron chi connectivity index (χ0n) is 18.0. The van der Waals surface area contributed by atoms with E-state index in [1.54, 1.807) is 23.4 Å². The number of nitrogens with zero attached hydrogens (tertiary/aromatic N) is 3. The van der Waals surface area contributed by atoms with Crippen LogP contribution in [0.25, 0.3) is 10.9 Å². The van der Waals surface area contributed by atoms with Gasteiger partial charge in [-0.15, -0.1) is 0 Å². The third kappa shape index (κ3) is 4.55. The predicted octanol–water partition coefficient (Wildman–Crippen LogP) is 4.87. The predicted molar refractivity (Wildman–Crippen MR) is 131 cm³/mol. The van der Waals surface area contributed by atoms with Gasteiger partial charge in [0.1, 0.15) is 5.69 Å². The molecular weight excluding hydrogens is 432 g/mol. The van der Waals surface area contributed by atoms with Crippen LogP contribution in [0.15, 0.2) is 90.1 Å². The fourth-order valence-electron chi connectivity index (χ4n) is 4.13. The molecular formula is C26H24N4O2S. The Balaban J connectivity index is 1.20. The van der Waals surface area contributed by atoms with Crippen molar-refractivity contribution < 1.29 is 9.90 Å². The van der Waals surface area contributed by atoms with E-state index in [0.29, 0.717) is 31.6 Å². The number of hydrogen-bond acceptors (Lipinski definition) is 6. The minimum Gasteiger partial charge on any atom is -0.385 e. The summed E-state index contributed by atoms with van der Waals surface area (Å²) in [5.41, 5.74) is 2.18. The lowest BCUT2D eigenvalue weighted by Gasteiger charge is -2.38. The van der Waals surface area contributed by atoms with Crippen LogP contribution < -0.4 is 4.72 Å². The summed E-state index contributed by atoms with van der Waals surface area (Å²) in [4.78, 5) is 24.6. The summed E-state index contributed by atoms with van der Waals surface area (Å²) < 4.78 is 3.28. The van der Waals surface area contributed by atoms with Crippen LogP contribution >= 0.6 is 11.9 Å². The fraction of sp³-hybridized carbons (Fsp3) is 0.192. The largest absolute Gasteiger partial charge is 0.385 e. The van der Waals surface area contributed by atoms with Crippen molar-refractivity contribution in [2.75, 3.05) is 17.8 Å². The molecule has 0 radical (unpaired) electrons. The number of likely N-dealkylation sites (tertiary alicyclic amines) is 1. The number of carbonyl (C=O) groups is 1. The molecule has 2 N–H and O–H groups in total. The molecule has 2 aromatic heterocycles. The topological polar surface area (TPSA) is 78.4 Å². The molecule has 6 nitrogen and oxygen atoms in total. The standard InChI is InChI=1S/C26H24N4O2S/c31-25(30-16-13-26(32,14-17-30)20-8-2-1-3-9-20)22-12-11-21(18-28-22)29-33-23-10-4-6-19-7-5-15-27-24(19)23/h1-12,15,18,29,32H,13-14,16-17H2. The number of aliphatic hydroxyl groups is 1. The number of rotatable bonds is 5. The van der Waals surface area contributed by atoms with E-state index in [-0.39, 0.29) is 5.91 Å². The molecule has 166 valence electrons. The van der Waals surface area contributed by atoms with Crippen LogP contribution in [0.3, 0.4) is 0 Å². The molecule has 1 fully saturated rings. The average molecular weight is 457 g/mol. The first kappa shape index (κ1) is 21.4. The number of aromatic nitrogens is 2. The third-order valence-corrected chi connectivity index (χ3v) is 6.93. The van der Waals surface area contributed by atoms with Gasteiger partial charge in [-0.3, -0.25) is 9.78 Å². The van der Waals surface area contributed by atoms with Gasteiger partial charge < -0.3 is 14.7 Å². The van der Waals surface area contributed by atoms with Crippen molar-refractivity contribution in [3.8, 4) is 0 Å². The fourth-order valence-corrected chi connectivity index (χ4v) is 4.89. The van der Waals surface area contributed by atoms with Crippen molar-refractivity contribution in [2.24, 2.45) is 0 Å². The van der Waals surface area contributed by atoms with Crippen LogP contribution in [-0.4, -0.2) is 39.0 Å². The molecule has 0 spiro atoms. The Hall–Kier alpha value is -3.42. The van der Waals surface area contributed by atoms with Crippen molar-refractivity contribution >= 4 is 34.4 Å². The molecule has 0 saturated carbocycles. The second-order valence-electron chi connectivity index (χ2n) is 8.16. The van der Waals surface area contributed by atoms with Gasteiger partial charge in [0.15, 0.2) is 0 Å². The van der Waals surface area contributed by atoms with Crippen LogP contribution in [0.1, 0.15) is 28.9 Å². The normalized spacial score (nSPS) is 15.4. The molecule has 1 amide bonds. The number of piperidine rings is 1. The quantitative estimate of drug-likeness (QED) is 0.417. The van der Waals surface area contributed by atoms with Crippen molar-refractivity contribution in [3.63, 3.8) is 0 Å². The summed E-state index contributed by atoms with van der Waals surface area (Å²) in [5, 5.41) is 12.1. The Morgan fingerprint density at radius 2 is 1.73 bits per heavy atom. The first-order chi connectivity index (χ1) is 16.1. The Labute approximate surface area is 196 Å². The maximum atomic E-state index is 12.9. The molecule has 2 aromatic carbocycles. The van der Waals surface area contributed by atoms with E-state index in [4.69, 9.17) is 0 Å². The molecule has 5 rings (SSSR count). The lowest BCUT2D eigenvalue weighted by molar-refractivity contribution is -0.0212. The third-order valence-electron chi connectivity index (χ3n) is 6.05. The summed E-state index contributed by atoms with van der Waals surface area (Å²) in [5.74, 6) is -0.109. The Kier molecular flexibility index (Phi) is 5.98. The van der Waals surface area contributed by atoms with Crippen molar-refractivity contribution in [3.05, 3.63) is 96.4 Å². The van der Waals surface area contributed by atoms with Crippen molar-refractivity contribution in [1.82, 2.24) is 14.9 Å². The summed E-state index contributed by atoms with van der Waals surface area (Å²) >= 11 is 1.47. The number of benzene rings is 2. The van der Waals surface area contributed by atoms with Gasteiger partial charge >= 0.3 is 0 Å². The highest BCUT2D eigenvalue weighted by Crippen LogP contribution is 2.33. The number of nitrogens with one attached hydrogen (secondary N) is 1. The first-order valence-electron chi connectivity index (χ1n) is 10.9. The Morgan fingerprint density at radius 1 is 0.939 bits per heavy atom. The number of hydrogen-bond donors (Lipinski definition) is 2. The minimum absolute atomic E-state index is 0.109. The van der Waals surface area contributed by atoms with Gasteiger partial charge in [0.2, 0.25) is 0 Å². The van der Waals surface area contributed by atoms with Gasteiger partial charge in [-0.05, 0) is 54.6 Å². The van der Waals surface area contributed by atoms with Crippen LogP contribution in [0.4, 0.5) is 5.69 Å². The monoisotopic (exact) mass is 456 g/mol. The summed E-state index contributed by atoms with van der Waals surface area (Å²) in [6.45, 7) is 0.992. The van der Waals surface area contributed by atoms with E-state index in [1.165, 1.54) is 11.9 Å². The molecule has 1 aliphatic rings. The second kappa shape index (κ2) is 9.21. The molecule has 7 heteroatoms. The van der Waals surface area contributed by atoms with Crippen LogP contribution in [0.5, 0.6) is 0 Å². The summed E-state index contributed by atoms with van der Waals surface area (Å²) in [6, 6.07) is 23.3. The van der Waals surface area contributed by atoms with Crippen molar-refractivity contribution in [1.29, 1.82) is 0 Å². The number of para-hydroxylation sites is 1. The highest BCUT2D eigenvalue weighted by molar-refractivity contribution is 8.00. The van der Waals surface area contributed by atoms with E-state index in [2.05, 4.69) is 14.7 Å². The molecule has 4 aromatic rings. The summed E-state index contributed by atoms with van der Waals surface area (Å²) in [7, 11) is 0. The molecule has 33 heavy (non-hydrogen) atoms. The maximum Gasteiger partial charge on any atom is 0.272 e. The lowest BCUT2D eigenvalue weighted by atomic mass is 9.84. The number of anilines is 1. The smallest absolute Gasteiger partial charge is 0.272 e. The van der Waals surface area contributed by atoms with E-state index in [0.717, 1.165) is 27.0 Å². The van der Waals surface area contributed by atoms with Gasteiger partial charge in [0.25, 0.3) is 5.91 Å². The van der Waals surface area contributed by atoms with Gasteiger partial charge in [0.05, 0.1) is 27.9 Å². The lowest BCUT2D eigenvalue weighted by Crippen LogP contribution is -2.45. The summed E-state index contributed by atoms with van der Waals surface area (Å²) in [6.07, 6.45) is 4.48.